The van der Waals surface area contributed by atoms with E-state index in [2.05, 4.69) is 6.92 Å². The zero-order chi connectivity index (χ0) is 13.8. The van der Waals surface area contributed by atoms with Gasteiger partial charge < -0.3 is 0 Å². The Labute approximate surface area is 124 Å². The van der Waals surface area contributed by atoms with Crippen LogP contribution in [0.3, 0.4) is 0 Å². The molecule has 0 bridgehead atoms. The molecule has 0 aromatic heterocycles. The van der Waals surface area contributed by atoms with Crippen LogP contribution in [0.4, 0.5) is 0 Å². The summed E-state index contributed by atoms with van der Waals surface area (Å²) in [6.07, 6.45) is 14.9. The van der Waals surface area contributed by atoms with Crippen molar-refractivity contribution in [2.45, 2.75) is 84.0 Å². The minimum Gasteiger partial charge on any atom is -0.300 e. The van der Waals surface area contributed by atoms with E-state index in [9.17, 15) is 4.79 Å². The van der Waals surface area contributed by atoms with Crippen molar-refractivity contribution in [3.8, 4) is 0 Å². The first-order valence-electron chi connectivity index (χ1n) is 8.42. The highest BCUT2D eigenvalue weighted by atomic mass is 32.2. The largest absolute Gasteiger partial charge is 0.300 e. The number of Topliss-reactive ketones (excluding diaryl/α,β-unsaturated/α-hetero) is 1. The van der Waals surface area contributed by atoms with Gasteiger partial charge in [0.25, 0.3) is 0 Å². The van der Waals surface area contributed by atoms with Crippen molar-refractivity contribution in [2.75, 3.05) is 11.5 Å². The van der Waals surface area contributed by atoms with Gasteiger partial charge in [-0.1, -0.05) is 51.9 Å². The van der Waals surface area contributed by atoms with Crippen LogP contribution in [0, 0.1) is 5.92 Å². The lowest BCUT2D eigenvalue weighted by molar-refractivity contribution is -0.120. The summed E-state index contributed by atoms with van der Waals surface area (Å²) in [5, 5.41) is 0. The van der Waals surface area contributed by atoms with Crippen LogP contribution in [0.2, 0.25) is 0 Å². The van der Waals surface area contributed by atoms with Crippen LogP contribution in [-0.2, 0) is 4.79 Å². The molecular formula is C17H32OS. The summed E-state index contributed by atoms with van der Waals surface area (Å²) >= 11 is 2.05. The Bertz CT molecular complexity index is 221. The van der Waals surface area contributed by atoms with E-state index in [0.717, 1.165) is 19.3 Å². The van der Waals surface area contributed by atoms with Crippen molar-refractivity contribution in [3.63, 3.8) is 0 Å². The average Bonchev–Trinajstić information content (AvgIpc) is 2.43. The van der Waals surface area contributed by atoms with Gasteiger partial charge >= 0.3 is 0 Å². The van der Waals surface area contributed by atoms with E-state index in [1.807, 2.05) is 11.8 Å². The van der Waals surface area contributed by atoms with Crippen LogP contribution >= 0.6 is 11.8 Å². The highest BCUT2D eigenvalue weighted by Gasteiger charge is 2.16. The standard InChI is InChI=1S/C17H32OS/c1-2-3-4-5-6-7-8-9-10-17(18)15-16-11-13-19-14-12-16/h16H,2-15H2,1H3. The molecule has 0 unspecified atom stereocenters. The molecule has 0 aliphatic carbocycles. The average molecular weight is 285 g/mol. The van der Waals surface area contributed by atoms with Crippen molar-refractivity contribution in [1.29, 1.82) is 0 Å². The number of rotatable bonds is 11. The quantitative estimate of drug-likeness (QED) is 0.458. The van der Waals surface area contributed by atoms with Gasteiger partial charge in [0.15, 0.2) is 0 Å². The predicted molar refractivity (Wildman–Crippen MR) is 86.9 cm³/mol. The molecular weight excluding hydrogens is 252 g/mol. The third kappa shape index (κ3) is 9.54. The Hall–Kier alpha value is 0.0200. The van der Waals surface area contributed by atoms with Crippen molar-refractivity contribution in [2.24, 2.45) is 5.92 Å². The Morgan fingerprint density at radius 2 is 1.53 bits per heavy atom. The number of carbonyl (C=O) groups excluding carboxylic acids is 1. The lowest BCUT2D eigenvalue weighted by Crippen LogP contribution is -2.14. The van der Waals surface area contributed by atoms with Crippen LogP contribution < -0.4 is 0 Å². The minimum absolute atomic E-state index is 0.530. The monoisotopic (exact) mass is 284 g/mol. The molecule has 0 N–H and O–H groups in total. The molecule has 0 aromatic rings. The third-order valence-corrected chi connectivity index (χ3v) is 5.22. The fourth-order valence-electron chi connectivity index (χ4n) is 2.83. The van der Waals surface area contributed by atoms with E-state index < -0.39 is 0 Å². The molecule has 0 spiro atoms. The summed E-state index contributed by atoms with van der Waals surface area (Å²) in [5.74, 6) is 3.79. The SMILES string of the molecule is CCCCCCCCCCC(=O)CC1CCSCC1. The van der Waals surface area contributed by atoms with Gasteiger partial charge in [0.05, 0.1) is 0 Å². The van der Waals surface area contributed by atoms with E-state index >= 15 is 0 Å². The first-order valence-corrected chi connectivity index (χ1v) is 9.58. The van der Waals surface area contributed by atoms with E-state index in [-0.39, 0.29) is 0 Å². The molecule has 0 atom stereocenters. The Kier molecular flexibility index (Phi) is 10.6. The molecule has 112 valence electrons. The number of unbranched alkanes of at least 4 members (excludes halogenated alkanes) is 7. The summed E-state index contributed by atoms with van der Waals surface area (Å²) in [4.78, 5) is 11.9. The first-order chi connectivity index (χ1) is 9.33. The maximum absolute atomic E-state index is 11.9. The molecule has 1 saturated heterocycles. The van der Waals surface area contributed by atoms with Crippen LogP contribution in [0.15, 0.2) is 0 Å². The second kappa shape index (κ2) is 11.8. The van der Waals surface area contributed by atoms with Gasteiger partial charge in [0, 0.05) is 12.8 Å². The Balaban J connectivity index is 1.87. The molecule has 0 aromatic carbocycles. The smallest absolute Gasteiger partial charge is 0.133 e. The molecule has 0 amide bonds. The second-order valence-electron chi connectivity index (χ2n) is 6.02. The van der Waals surface area contributed by atoms with Gasteiger partial charge in [-0.05, 0) is 36.7 Å². The third-order valence-electron chi connectivity index (χ3n) is 4.17. The Morgan fingerprint density at radius 3 is 2.16 bits per heavy atom. The van der Waals surface area contributed by atoms with Crippen molar-refractivity contribution in [1.82, 2.24) is 0 Å². The molecule has 1 nitrogen and oxygen atoms in total. The molecule has 1 aliphatic heterocycles. The van der Waals surface area contributed by atoms with E-state index in [1.165, 1.54) is 69.3 Å². The summed E-state index contributed by atoms with van der Waals surface area (Å²) < 4.78 is 0. The fourth-order valence-corrected chi connectivity index (χ4v) is 4.03. The van der Waals surface area contributed by atoms with Gasteiger partial charge in [-0.2, -0.15) is 11.8 Å². The van der Waals surface area contributed by atoms with E-state index in [4.69, 9.17) is 0 Å². The first kappa shape index (κ1) is 17.1. The predicted octanol–water partition coefficient (Wildman–Crippen LogP) is 5.62. The molecule has 1 heterocycles. The molecule has 1 rings (SSSR count). The maximum atomic E-state index is 11.9. The lowest BCUT2D eigenvalue weighted by Gasteiger charge is -2.20. The molecule has 1 aliphatic rings. The highest BCUT2D eigenvalue weighted by Crippen LogP contribution is 2.26. The number of thioether (sulfide) groups is 1. The van der Waals surface area contributed by atoms with Gasteiger partial charge in [0.1, 0.15) is 5.78 Å². The van der Waals surface area contributed by atoms with Crippen LogP contribution in [0.5, 0.6) is 0 Å². The Morgan fingerprint density at radius 1 is 0.947 bits per heavy atom. The molecule has 0 saturated carbocycles. The highest BCUT2D eigenvalue weighted by molar-refractivity contribution is 7.99. The van der Waals surface area contributed by atoms with Gasteiger partial charge in [-0.25, -0.2) is 0 Å². The zero-order valence-corrected chi connectivity index (χ0v) is 13.6. The van der Waals surface area contributed by atoms with Crippen LogP contribution in [0.25, 0.3) is 0 Å². The molecule has 0 radical (unpaired) electrons. The second-order valence-corrected chi connectivity index (χ2v) is 7.25. The zero-order valence-electron chi connectivity index (χ0n) is 12.8. The number of carbonyl (C=O) groups is 1. The van der Waals surface area contributed by atoms with Crippen molar-refractivity contribution < 1.29 is 4.79 Å². The lowest BCUT2D eigenvalue weighted by atomic mass is 9.94. The maximum Gasteiger partial charge on any atom is 0.133 e. The van der Waals surface area contributed by atoms with Crippen LogP contribution in [0.1, 0.15) is 84.0 Å². The topological polar surface area (TPSA) is 17.1 Å². The van der Waals surface area contributed by atoms with Gasteiger partial charge in [-0.15, -0.1) is 0 Å². The van der Waals surface area contributed by atoms with Crippen molar-refractivity contribution in [3.05, 3.63) is 0 Å². The van der Waals surface area contributed by atoms with Crippen molar-refractivity contribution >= 4 is 17.5 Å². The summed E-state index contributed by atoms with van der Waals surface area (Å²) in [6.45, 7) is 2.26. The molecule has 19 heavy (non-hydrogen) atoms. The fraction of sp³-hybridized carbons (Fsp3) is 0.941. The summed E-state index contributed by atoms with van der Waals surface area (Å²) in [7, 11) is 0. The number of ketones is 1. The number of hydrogen-bond donors (Lipinski definition) is 0. The van der Waals surface area contributed by atoms with E-state index in [1.54, 1.807) is 0 Å². The van der Waals surface area contributed by atoms with E-state index in [0.29, 0.717) is 11.7 Å². The van der Waals surface area contributed by atoms with Gasteiger partial charge in [0.2, 0.25) is 0 Å². The number of hydrogen-bond acceptors (Lipinski definition) is 2. The molecule has 2 heteroatoms. The van der Waals surface area contributed by atoms with Gasteiger partial charge in [-0.3, -0.25) is 4.79 Å². The minimum atomic E-state index is 0.530. The molecule has 1 fully saturated rings. The summed E-state index contributed by atoms with van der Waals surface area (Å²) in [5.41, 5.74) is 0. The summed E-state index contributed by atoms with van der Waals surface area (Å²) in [6, 6.07) is 0. The normalized spacial score (nSPS) is 16.7. The van der Waals surface area contributed by atoms with Crippen LogP contribution in [-0.4, -0.2) is 17.3 Å².